The lowest BCUT2D eigenvalue weighted by atomic mass is 9.90. The van der Waals surface area contributed by atoms with Gasteiger partial charge in [-0.25, -0.2) is 4.68 Å². The molecule has 6 nitrogen and oxygen atoms in total. The number of rotatable bonds is 8. The number of aliphatic imine (C=N–C) groups is 1. The summed E-state index contributed by atoms with van der Waals surface area (Å²) < 4.78 is 7.75. The fourth-order valence-corrected chi connectivity index (χ4v) is 6.29. The van der Waals surface area contributed by atoms with Gasteiger partial charge < -0.3 is 9.64 Å². The van der Waals surface area contributed by atoms with E-state index in [0.717, 1.165) is 72.2 Å². The number of thioether (sulfide) groups is 1. The average molecular weight is 563 g/mol. The van der Waals surface area contributed by atoms with E-state index in [9.17, 15) is 4.79 Å². The number of amides is 1. The van der Waals surface area contributed by atoms with Gasteiger partial charge in [0, 0.05) is 30.4 Å². The number of hydrogen-bond donors (Lipinski definition) is 0. The minimum Gasteiger partial charge on any atom is -0.494 e. The highest BCUT2D eigenvalue weighted by molar-refractivity contribution is 8.18. The molecule has 0 saturated carbocycles. The quantitative estimate of drug-likeness (QED) is 0.212. The Labute approximate surface area is 245 Å². The highest BCUT2D eigenvalue weighted by atomic mass is 32.2. The Morgan fingerprint density at radius 3 is 2.49 bits per heavy atom. The zero-order chi connectivity index (χ0) is 28.0. The van der Waals surface area contributed by atoms with E-state index < -0.39 is 0 Å². The number of aromatic nitrogens is 2. The molecule has 1 amide bonds. The van der Waals surface area contributed by atoms with Crippen LogP contribution in [0.15, 0.2) is 101 Å². The molecule has 3 heterocycles. The number of piperidine rings is 1. The van der Waals surface area contributed by atoms with Crippen LogP contribution in [0.1, 0.15) is 37.3 Å². The number of nitrogens with zero attached hydrogens (tertiary/aromatic N) is 4. The molecular weight excluding hydrogens is 528 g/mol. The summed E-state index contributed by atoms with van der Waals surface area (Å²) in [7, 11) is 0. The number of carbonyl (C=O) groups is 1. The van der Waals surface area contributed by atoms with Crippen molar-refractivity contribution in [2.45, 2.75) is 32.6 Å². The summed E-state index contributed by atoms with van der Waals surface area (Å²) in [4.78, 5) is 20.4. The smallest absolute Gasteiger partial charge is 0.286 e. The Kier molecular flexibility index (Phi) is 8.33. The highest BCUT2D eigenvalue weighted by Crippen LogP contribution is 2.35. The van der Waals surface area contributed by atoms with Crippen LogP contribution in [0.4, 0.5) is 0 Å². The minimum atomic E-state index is -0.185. The summed E-state index contributed by atoms with van der Waals surface area (Å²) in [5.41, 5.74) is 4.96. The summed E-state index contributed by atoms with van der Waals surface area (Å²) in [6.07, 6.45) is 8.18. The van der Waals surface area contributed by atoms with Crippen molar-refractivity contribution in [3.8, 4) is 22.7 Å². The van der Waals surface area contributed by atoms with E-state index in [-0.39, 0.29) is 5.91 Å². The molecule has 208 valence electrons. The highest BCUT2D eigenvalue weighted by Gasteiger charge is 2.29. The molecule has 2 aliphatic heterocycles. The zero-order valence-corrected chi connectivity index (χ0v) is 24.1. The van der Waals surface area contributed by atoms with Crippen molar-refractivity contribution in [2.24, 2.45) is 10.9 Å². The molecule has 4 aromatic rings. The molecule has 0 unspecified atom stereocenters. The van der Waals surface area contributed by atoms with Gasteiger partial charge >= 0.3 is 0 Å². The molecule has 0 N–H and O–H groups in total. The third-order valence-corrected chi connectivity index (χ3v) is 8.54. The van der Waals surface area contributed by atoms with Crippen molar-refractivity contribution in [3.63, 3.8) is 0 Å². The summed E-state index contributed by atoms with van der Waals surface area (Å²) >= 11 is 1.47. The molecule has 0 aliphatic carbocycles. The predicted octanol–water partition coefficient (Wildman–Crippen LogP) is 7.25. The van der Waals surface area contributed by atoms with Gasteiger partial charge in [-0.05, 0) is 79.3 Å². The van der Waals surface area contributed by atoms with E-state index in [0.29, 0.717) is 17.4 Å². The molecule has 41 heavy (non-hydrogen) atoms. The van der Waals surface area contributed by atoms with Crippen LogP contribution in [0.5, 0.6) is 5.75 Å². The Hall–Kier alpha value is -4.10. The van der Waals surface area contributed by atoms with Crippen molar-refractivity contribution in [3.05, 3.63) is 107 Å². The molecule has 1 aromatic heterocycles. The third-order valence-electron chi connectivity index (χ3n) is 7.49. The lowest BCUT2D eigenvalue weighted by Crippen LogP contribution is -2.37. The van der Waals surface area contributed by atoms with Gasteiger partial charge in [0.2, 0.25) is 0 Å². The first-order valence-corrected chi connectivity index (χ1v) is 15.2. The SMILES string of the molecule is CCCOc1cccc(-c2nn(-c3ccccc3)cc2/C=C2\SC(N3CCC(Cc4ccccc4)CC3)=NC2=O)c1. The lowest BCUT2D eigenvalue weighted by Gasteiger charge is -2.32. The van der Waals surface area contributed by atoms with Gasteiger partial charge in [0.25, 0.3) is 5.91 Å². The Bertz CT molecular complexity index is 1550. The molecule has 0 bridgehead atoms. The van der Waals surface area contributed by atoms with Crippen molar-refractivity contribution in [1.29, 1.82) is 0 Å². The van der Waals surface area contributed by atoms with Crippen molar-refractivity contribution >= 4 is 28.9 Å². The van der Waals surface area contributed by atoms with Crippen LogP contribution in [0.25, 0.3) is 23.0 Å². The van der Waals surface area contributed by atoms with E-state index in [1.807, 2.05) is 71.6 Å². The van der Waals surface area contributed by atoms with Crippen molar-refractivity contribution in [2.75, 3.05) is 19.7 Å². The number of hydrogen-bond acceptors (Lipinski definition) is 5. The Morgan fingerprint density at radius 2 is 1.73 bits per heavy atom. The maximum atomic E-state index is 13.1. The molecule has 1 fully saturated rings. The molecular formula is C34H34N4O2S. The van der Waals surface area contributed by atoms with Crippen molar-refractivity contribution < 1.29 is 9.53 Å². The summed E-state index contributed by atoms with van der Waals surface area (Å²) in [6.45, 7) is 4.60. The average Bonchev–Trinajstić information content (AvgIpc) is 3.61. The lowest BCUT2D eigenvalue weighted by molar-refractivity contribution is -0.113. The first-order chi connectivity index (χ1) is 20.2. The number of benzene rings is 3. The third kappa shape index (κ3) is 6.46. The van der Waals surface area contributed by atoms with Gasteiger partial charge in [-0.3, -0.25) is 4.79 Å². The van der Waals surface area contributed by atoms with Crippen LogP contribution in [0.3, 0.4) is 0 Å². The summed E-state index contributed by atoms with van der Waals surface area (Å²) in [5, 5.41) is 5.75. The van der Waals surface area contributed by atoms with Gasteiger partial charge in [-0.1, -0.05) is 67.6 Å². The van der Waals surface area contributed by atoms with E-state index in [1.54, 1.807) is 0 Å². The fraction of sp³-hybridized carbons (Fsp3) is 0.265. The van der Waals surface area contributed by atoms with Gasteiger partial charge in [-0.2, -0.15) is 10.1 Å². The van der Waals surface area contributed by atoms with Gasteiger partial charge in [-0.15, -0.1) is 0 Å². The Morgan fingerprint density at radius 1 is 0.976 bits per heavy atom. The largest absolute Gasteiger partial charge is 0.494 e. The van der Waals surface area contributed by atoms with E-state index in [1.165, 1.54) is 17.3 Å². The first kappa shape index (κ1) is 27.1. The van der Waals surface area contributed by atoms with Gasteiger partial charge in [0.15, 0.2) is 5.17 Å². The van der Waals surface area contributed by atoms with E-state index in [2.05, 4.69) is 47.1 Å². The molecule has 0 radical (unpaired) electrons. The number of likely N-dealkylation sites (tertiary alicyclic amines) is 1. The van der Waals surface area contributed by atoms with Crippen LogP contribution in [0, 0.1) is 5.92 Å². The number of carbonyl (C=O) groups excluding carboxylic acids is 1. The second kappa shape index (κ2) is 12.6. The van der Waals surface area contributed by atoms with E-state index >= 15 is 0 Å². The zero-order valence-electron chi connectivity index (χ0n) is 23.3. The molecule has 2 aliphatic rings. The second-order valence-electron chi connectivity index (χ2n) is 10.5. The molecule has 6 rings (SSSR count). The molecule has 3 aromatic carbocycles. The topological polar surface area (TPSA) is 59.7 Å². The van der Waals surface area contributed by atoms with Crippen LogP contribution < -0.4 is 4.74 Å². The molecule has 7 heteroatoms. The molecule has 0 atom stereocenters. The second-order valence-corrected chi connectivity index (χ2v) is 11.5. The molecule has 1 saturated heterocycles. The number of ether oxygens (including phenoxy) is 1. The van der Waals surface area contributed by atoms with Crippen LogP contribution >= 0.6 is 11.8 Å². The van der Waals surface area contributed by atoms with Crippen LogP contribution in [0.2, 0.25) is 0 Å². The predicted molar refractivity (Wildman–Crippen MR) is 167 cm³/mol. The van der Waals surface area contributed by atoms with Crippen LogP contribution in [-0.2, 0) is 11.2 Å². The summed E-state index contributed by atoms with van der Waals surface area (Å²) in [5.74, 6) is 1.29. The standard InChI is InChI=1S/C34H34N4O2S/c1-2-20-40-30-15-9-12-27(22-30)32-28(24-38(36-32)29-13-7-4-8-14-29)23-31-33(39)35-34(41-31)37-18-16-26(17-19-37)21-25-10-5-3-6-11-25/h3-15,22-24,26H,2,16-21H2,1H3/b31-23-. The van der Waals surface area contributed by atoms with Gasteiger partial charge in [0.05, 0.1) is 17.2 Å². The first-order valence-electron chi connectivity index (χ1n) is 14.4. The van der Waals surface area contributed by atoms with Crippen LogP contribution in [-0.4, -0.2) is 45.5 Å². The normalized spacial score (nSPS) is 16.8. The Balaban J connectivity index is 1.21. The monoisotopic (exact) mass is 562 g/mol. The van der Waals surface area contributed by atoms with E-state index in [4.69, 9.17) is 9.84 Å². The minimum absolute atomic E-state index is 0.185. The maximum absolute atomic E-state index is 13.1. The maximum Gasteiger partial charge on any atom is 0.286 e. The molecule has 0 spiro atoms. The van der Waals surface area contributed by atoms with Gasteiger partial charge in [0.1, 0.15) is 11.4 Å². The van der Waals surface area contributed by atoms with Crippen molar-refractivity contribution in [1.82, 2.24) is 14.7 Å². The number of para-hydroxylation sites is 1. The fourth-order valence-electron chi connectivity index (χ4n) is 5.33. The number of amidine groups is 1. The summed E-state index contributed by atoms with van der Waals surface area (Å²) in [6, 6.07) is 28.7.